The number of aromatic nitrogens is 2. The quantitative estimate of drug-likeness (QED) is 0.402. The fraction of sp³-hybridized carbons (Fsp3) is 0.240. The van der Waals surface area contributed by atoms with Crippen molar-refractivity contribution in [1.29, 1.82) is 0 Å². The molecule has 0 aliphatic heterocycles. The Morgan fingerprint density at radius 3 is 2.56 bits per heavy atom. The summed E-state index contributed by atoms with van der Waals surface area (Å²) in [5.74, 6) is 0.620. The van der Waals surface area contributed by atoms with Crippen LogP contribution in [-0.2, 0) is 6.54 Å². The molecule has 32 heavy (non-hydrogen) atoms. The number of thiophene rings is 1. The Morgan fingerprint density at radius 1 is 1.16 bits per heavy atom. The van der Waals surface area contributed by atoms with Crippen LogP contribution in [-0.4, -0.2) is 33.2 Å². The van der Waals surface area contributed by atoms with Crippen LogP contribution in [0.5, 0.6) is 5.75 Å². The SMILES string of the molecule is CCC(=O)c1ccc(OCC(O)Cn2cnc3sc(C)c(-c4ccccc4)c3c2=O)cc1. The highest BCUT2D eigenvalue weighted by Crippen LogP contribution is 2.35. The first-order valence-electron chi connectivity index (χ1n) is 10.5. The van der Waals surface area contributed by atoms with E-state index in [4.69, 9.17) is 4.74 Å². The van der Waals surface area contributed by atoms with Crippen molar-refractivity contribution in [1.82, 2.24) is 9.55 Å². The Balaban J connectivity index is 1.51. The van der Waals surface area contributed by atoms with Crippen LogP contribution in [0.2, 0.25) is 0 Å². The van der Waals surface area contributed by atoms with Gasteiger partial charge in [0.15, 0.2) is 5.78 Å². The highest BCUT2D eigenvalue weighted by molar-refractivity contribution is 7.19. The lowest BCUT2D eigenvalue weighted by Gasteiger charge is -2.14. The summed E-state index contributed by atoms with van der Waals surface area (Å²) < 4.78 is 7.07. The summed E-state index contributed by atoms with van der Waals surface area (Å²) in [5, 5.41) is 11.0. The van der Waals surface area contributed by atoms with Crippen LogP contribution >= 0.6 is 11.3 Å². The van der Waals surface area contributed by atoms with Crippen molar-refractivity contribution in [3.05, 3.63) is 81.7 Å². The Hall–Kier alpha value is -3.29. The smallest absolute Gasteiger partial charge is 0.262 e. The van der Waals surface area contributed by atoms with Crippen molar-refractivity contribution in [2.45, 2.75) is 32.9 Å². The maximum Gasteiger partial charge on any atom is 0.262 e. The van der Waals surface area contributed by atoms with Crippen molar-refractivity contribution in [2.24, 2.45) is 0 Å². The zero-order valence-electron chi connectivity index (χ0n) is 17.9. The van der Waals surface area contributed by atoms with E-state index < -0.39 is 6.10 Å². The summed E-state index contributed by atoms with van der Waals surface area (Å²) in [4.78, 5) is 31.1. The van der Waals surface area contributed by atoms with Crippen LogP contribution < -0.4 is 10.3 Å². The Morgan fingerprint density at radius 2 is 1.88 bits per heavy atom. The Kier molecular flexibility index (Phi) is 6.48. The molecule has 0 fully saturated rings. The topological polar surface area (TPSA) is 81.4 Å². The van der Waals surface area contributed by atoms with Crippen LogP contribution in [0.25, 0.3) is 21.3 Å². The number of aliphatic hydroxyl groups excluding tert-OH is 1. The molecule has 2 heterocycles. The second-order valence-electron chi connectivity index (χ2n) is 7.55. The predicted octanol–water partition coefficient (Wildman–Crippen LogP) is 4.47. The maximum absolute atomic E-state index is 13.2. The molecule has 0 spiro atoms. The van der Waals surface area contributed by atoms with Crippen molar-refractivity contribution in [3.63, 3.8) is 0 Å². The van der Waals surface area contributed by atoms with Gasteiger partial charge in [0, 0.05) is 22.4 Å². The minimum atomic E-state index is -0.899. The van der Waals surface area contributed by atoms with Gasteiger partial charge in [0.2, 0.25) is 0 Å². The van der Waals surface area contributed by atoms with Gasteiger partial charge in [0.1, 0.15) is 23.3 Å². The largest absolute Gasteiger partial charge is 0.491 e. The molecule has 0 amide bonds. The van der Waals surface area contributed by atoms with Crippen molar-refractivity contribution >= 4 is 27.3 Å². The number of ketones is 1. The van der Waals surface area contributed by atoms with Gasteiger partial charge < -0.3 is 9.84 Å². The summed E-state index contributed by atoms with van der Waals surface area (Å²) in [5.41, 5.74) is 2.32. The zero-order valence-corrected chi connectivity index (χ0v) is 18.8. The number of ether oxygens (including phenoxy) is 1. The lowest BCUT2D eigenvalue weighted by molar-refractivity contribution is 0.0913. The molecular weight excluding hydrogens is 424 g/mol. The van der Waals surface area contributed by atoms with E-state index in [-0.39, 0.29) is 24.5 Å². The molecule has 2 aromatic heterocycles. The maximum atomic E-state index is 13.2. The average molecular weight is 449 g/mol. The van der Waals surface area contributed by atoms with Gasteiger partial charge >= 0.3 is 0 Å². The van der Waals surface area contributed by atoms with E-state index in [1.165, 1.54) is 22.2 Å². The molecular formula is C25H24N2O4S. The van der Waals surface area contributed by atoms with Crippen LogP contribution in [0.3, 0.4) is 0 Å². The average Bonchev–Trinajstić information content (AvgIpc) is 3.16. The van der Waals surface area contributed by atoms with Gasteiger partial charge in [-0.15, -0.1) is 11.3 Å². The molecule has 0 saturated carbocycles. The standard InChI is InChI=1S/C25H24N2O4S/c1-3-21(29)17-9-11-20(12-10-17)31-14-19(28)13-27-15-26-24-23(25(27)30)22(16(2)32-24)18-7-5-4-6-8-18/h4-12,15,19,28H,3,13-14H2,1-2H3. The van der Waals surface area contributed by atoms with E-state index in [0.29, 0.717) is 28.0 Å². The van der Waals surface area contributed by atoms with Crippen molar-refractivity contribution in [3.8, 4) is 16.9 Å². The molecule has 0 bridgehead atoms. The van der Waals surface area contributed by atoms with Gasteiger partial charge in [0.25, 0.3) is 5.56 Å². The third kappa shape index (κ3) is 4.49. The number of fused-ring (bicyclic) bond motifs is 1. The second kappa shape index (κ2) is 9.46. The first-order valence-corrected chi connectivity index (χ1v) is 11.3. The Bertz CT molecular complexity index is 1290. The van der Waals surface area contributed by atoms with Gasteiger partial charge in [-0.05, 0) is 36.8 Å². The normalized spacial score (nSPS) is 12.1. The summed E-state index contributed by atoms with van der Waals surface area (Å²) in [6, 6.07) is 16.6. The third-order valence-corrected chi connectivity index (χ3v) is 6.28. The molecule has 0 radical (unpaired) electrons. The number of hydrogen-bond donors (Lipinski definition) is 1. The van der Waals surface area contributed by atoms with E-state index in [9.17, 15) is 14.7 Å². The molecule has 1 atom stereocenters. The second-order valence-corrected chi connectivity index (χ2v) is 8.75. The van der Waals surface area contributed by atoms with Crippen molar-refractivity contribution in [2.75, 3.05) is 6.61 Å². The summed E-state index contributed by atoms with van der Waals surface area (Å²) in [6.07, 6.45) is 1.02. The number of aliphatic hydroxyl groups is 1. The summed E-state index contributed by atoms with van der Waals surface area (Å²) in [7, 11) is 0. The minimum Gasteiger partial charge on any atom is -0.491 e. The van der Waals surface area contributed by atoms with Crippen LogP contribution in [0.1, 0.15) is 28.6 Å². The van der Waals surface area contributed by atoms with Gasteiger partial charge in [-0.2, -0.15) is 0 Å². The van der Waals surface area contributed by atoms with Gasteiger partial charge in [-0.25, -0.2) is 4.98 Å². The summed E-state index contributed by atoms with van der Waals surface area (Å²) >= 11 is 1.49. The summed E-state index contributed by atoms with van der Waals surface area (Å²) in [6.45, 7) is 3.88. The molecule has 2 aromatic carbocycles. The lowest BCUT2D eigenvalue weighted by Crippen LogP contribution is -2.30. The molecule has 0 aliphatic carbocycles. The predicted molar refractivity (Wildman–Crippen MR) is 127 cm³/mol. The van der Waals surface area contributed by atoms with Crippen LogP contribution in [0, 0.1) is 6.92 Å². The molecule has 7 heteroatoms. The number of carbonyl (C=O) groups excluding carboxylic acids is 1. The molecule has 6 nitrogen and oxygen atoms in total. The molecule has 164 valence electrons. The van der Waals surface area contributed by atoms with E-state index in [1.54, 1.807) is 24.3 Å². The number of Topliss-reactive ketones (excluding diaryl/α,β-unsaturated/α-hetero) is 1. The fourth-order valence-corrected chi connectivity index (χ4v) is 4.64. The lowest BCUT2D eigenvalue weighted by atomic mass is 10.0. The minimum absolute atomic E-state index is 0.0136. The van der Waals surface area contributed by atoms with E-state index >= 15 is 0 Å². The third-order valence-electron chi connectivity index (χ3n) is 5.26. The number of benzene rings is 2. The number of hydrogen-bond acceptors (Lipinski definition) is 6. The van der Waals surface area contributed by atoms with E-state index in [0.717, 1.165) is 16.0 Å². The Labute approximate surface area is 189 Å². The van der Waals surface area contributed by atoms with Gasteiger partial charge in [-0.1, -0.05) is 37.3 Å². The number of nitrogens with zero attached hydrogens (tertiary/aromatic N) is 2. The van der Waals surface area contributed by atoms with Gasteiger partial charge in [-0.3, -0.25) is 14.2 Å². The number of carbonyl (C=O) groups is 1. The first kappa shape index (κ1) is 21.9. The molecule has 4 rings (SSSR count). The molecule has 1 unspecified atom stereocenters. The molecule has 0 saturated heterocycles. The molecule has 0 aliphatic rings. The zero-order chi connectivity index (χ0) is 22.7. The monoisotopic (exact) mass is 448 g/mol. The first-order chi connectivity index (χ1) is 15.5. The van der Waals surface area contributed by atoms with Gasteiger partial charge in [0.05, 0.1) is 18.3 Å². The highest BCUT2D eigenvalue weighted by atomic mass is 32.1. The molecule has 1 N–H and O–H groups in total. The van der Waals surface area contributed by atoms with Crippen LogP contribution in [0.4, 0.5) is 0 Å². The fourth-order valence-electron chi connectivity index (χ4n) is 3.63. The highest BCUT2D eigenvalue weighted by Gasteiger charge is 2.18. The van der Waals surface area contributed by atoms with E-state index in [1.807, 2.05) is 44.2 Å². The number of rotatable bonds is 8. The van der Waals surface area contributed by atoms with Crippen LogP contribution in [0.15, 0.2) is 65.7 Å². The number of aryl methyl sites for hydroxylation is 1. The molecule has 4 aromatic rings. The van der Waals surface area contributed by atoms with Crippen molar-refractivity contribution < 1.29 is 14.6 Å². The van der Waals surface area contributed by atoms with E-state index in [2.05, 4.69) is 4.98 Å².